The van der Waals surface area contributed by atoms with E-state index in [1.54, 1.807) is 0 Å². The maximum absolute atomic E-state index is 6.07. The van der Waals surface area contributed by atoms with Crippen LogP contribution in [0, 0.1) is 6.92 Å². The lowest BCUT2D eigenvalue weighted by Gasteiger charge is -2.25. The van der Waals surface area contributed by atoms with Gasteiger partial charge >= 0.3 is 0 Å². The van der Waals surface area contributed by atoms with Gasteiger partial charge in [-0.25, -0.2) is 0 Å². The molecular weight excluding hydrogens is 214 g/mol. The van der Waals surface area contributed by atoms with Crippen molar-refractivity contribution in [3.8, 4) is 5.75 Å². The smallest absolute Gasteiger partial charge is 0.124 e. The van der Waals surface area contributed by atoms with E-state index in [0.717, 1.165) is 37.4 Å². The van der Waals surface area contributed by atoms with Crippen molar-refractivity contribution in [1.82, 2.24) is 0 Å². The summed E-state index contributed by atoms with van der Waals surface area (Å²) in [5.41, 5.74) is 8.26. The van der Waals surface area contributed by atoms with E-state index in [-0.39, 0.29) is 12.1 Å². The molecule has 3 heteroatoms. The molecule has 1 saturated heterocycles. The minimum atomic E-state index is 0.00504. The molecule has 1 atom stereocenters. The van der Waals surface area contributed by atoms with Crippen molar-refractivity contribution in [2.75, 3.05) is 13.2 Å². The van der Waals surface area contributed by atoms with E-state index in [1.165, 1.54) is 5.56 Å². The summed E-state index contributed by atoms with van der Waals surface area (Å²) in [6, 6.07) is 6.23. The molecule has 1 aliphatic rings. The normalized spacial score (nSPS) is 19.0. The molecule has 0 saturated carbocycles. The number of ether oxygens (including phenoxy) is 2. The first-order valence-electron chi connectivity index (χ1n) is 6.27. The van der Waals surface area contributed by atoms with Crippen LogP contribution in [0.2, 0.25) is 0 Å². The van der Waals surface area contributed by atoms with Crippen LogP contribution in [-0.4, -0.2) is 19.3 Å². The van der Waals surface area contributed by atoms with Gasteiger partial charge in [-0.3, -0.25) is 0 Å². The van der Waals surface area contributed by atoms with Gasteiger partial charge in [0.2, 0.25) is 0 Å². The number of rotatable bonds is 3. The Morgan fingerprint density at radius 1 is 1.35 bits per heavy atom. The fraction of sp³-hybridized carbons (Fsp3) is 0.571. The van der Waals surface area contributed by atoms with E-state index >= 15 is 0 Å². The Morgan fingerprint density at radius 2 is 2.06 bits per heavy atom. The van der Waals surface area contributed by atoms with E-state index in [0.29, 0.717) is 0 Å². The van der Waals surface area contributed by atoms with Crippen molar-refractivity contribution in [2.24, 2.45) is 5.73 Å². The number of hydrogen-bond acceptors (Lipinski definition) is 3. The second-order valence-corrected chi connectivity index (χ2v) is 4.76. The summed E-state index contributed by atoms with van der Waals surface area (Å²) in [6.07, 6.45) is 2.20. The number of hydrogen-bond donors (Lipinski definition) is 1. The number of nitrogens with two attached hydrogens (primary N) is 1. The molecule has 17 heavy (non-hydrogen) atoms. The first kappa shape index (κ1) is 12.4. The summed E-state index contributed by atoms with van der Waals surface area (Å²) in [5.74, 6) is 0.937. The third kappa shape index (κ3) is 3.20. The molecule has 1 aromatic rings. The van der Waals surface area contributed by atoms with Crippen molar-refractivity contribution < 1.29 is 9.47 Å². The fourth-order valence-electron chi connectivity index (χ4n) is 2.09. The number of benzene rings is 1. The molecule has 94 valence electrons. The Bertz CT molecular complexity index is 370. The largest absolute Gasteiger partial charge is 0.490 e. The van der Waals surface area contributed by atoms with Crippen molar-refractivity contribution in [1.29, 1.82) is 0 Å². The van der Waals surface area contributed by atoms with Crippen LogP contribution in [0.4, 0.5) is 0 Å². The first-order valence-corrected chi connectivity index (χ1v) is 6.27. The Balaban J connectivity index is 2.14. The molecule has 3 nitrogen and oxygen atoms in total. The average Bonchev–Trinajstić information content (AvgIpc) is 2.30. The van der Waals surface area contributed by atoms with Crippen LogP contribution in [0.25, 0.3) is 0 Å². The van der Waals surface area contributed by atoms with Gasteiger partial charge in [0.15, 0.2) is 0 Å². The highest BCUT2D eigenvalue weighted by Gasteiger charge is 2.17. The van der Waals surface area contributed by atoms with Crippen LogP contribution in [0.5, 0.6) is 5.75 Å². The van der Waals surface area contributed by atoms with Gasteiger partial charge in [-0.15, -0.1) is 0 Å². The summed E-state index contributed by atoms with van der Waals surface area (Å²) in [6.45, 7) is 5.65. The van der Waals surface area contributed by atoms with E-state index in [1.807, 2.05) is 6.92 Å². The van der Waals surface area contributed by atoms with Gasteiger partial charge in [0.25, 0.3) is 0 Å². The van der Waals surface area contributed by atoms with Crippen LogP contribution in [0.15, 0.2) is 18.2 Å². The fourth-order valence-corrected chi connectivity index (χ4v) is 2.09. The molecule has 0 bridgehead atoms. The highest BCUT2D eigenvalue weighted by molar-refractivity contribution is 5.39. The number of aryl methyl sites for hydroxylation is 1. The van der Waals surface area contributed by atoms with Crippen molar-refractivity contribution in [2.45, 2.75) is 38.8 Å². The molecule has 0 amide bonds. The van der Waals surface area contributed by atoms with Gasteiger partial charge in [-0.2, -0.15) is 0 Å². The first-order chi connectivity index (χ1) is 8.16. The predicted octanol–water partition coefficient (Wildman–Crippen LogP) is 2.57. The zero-order valence-electron chi connectivity index (χ0n) is 10.6. The Labute approximate surface area is 103 Å². The summed E-state index contributed by atoms with van der Waals surface area (Å²) >= 11 is 0. The summed E-state index contributed by atoms with van der Waals surface area (Å²) in [7, 11) is 0. The van der Waals surface area contributed by atoms with Crippen molar-refractivity contribution in [3.05, 3.63) is 29.3 Å². The Morgan fingerprint density at radius 3 is 2.71 bits per heavy atom. The second kappa shape index (κ2) is 5.52. The Kier molecular flexibility index (Phi) is 4.02. The molecular formula is C14H21NO2. The standard InChI is InChI=1S/C14H21NO2/c1-10-3-4-13(11(2)15)14(9-10)17-12-5-7-16-8-6-12/h3-4,9,11-12H,5-8,15H2,1-2H3. The summed E-state index contributed by atoms with van der Waals surface area (Å²) < 4.78 is 11.4. The van der Waals surface area contributed by atoms with E-state index < -0.39 is 0 Å². The second-order valence-electron chi connectivity index (χ2n) is 4.76. The summed E-state index contributed by atoms with van der Waals surface area (Å²) in [4.78, 5) is 0. The van der Waals surface area contributed by atoms with E-state index in [9.17, 15) is 0 Å². The maximum atomic E-state index is 6.07. The molecule has 2 rings (SSSR count). The lowest BCUT2D eigenvalue weighted by molar-refractivity contribution is 0.0251. The van der Waals surface area contributed by atoms with Crippen molar-refractivity contribution in [3.63, 3.8) is 0 Å². The maximum Gasteiger partial charge on any atom is 0.124 e. The highest BCUT2D eigenvalue weighted by Crippen LogP contribution is 2.27. The third-order valence-electron chi connectivity index (χ3n) is 3.12. The van der Waals surface area contributed by atoms with Crippen LogP contribution in [0.3, 0.4) is 0 Å². The van der Waals surface area contributed by atoms with Gasteiger partial charge in [-0.05, 0) is 25.5 Å². The Hall–Kier alpha value is -1.06. The quantitative estimate of drug-likeness (QED) is 0.875. The van der Waals surface area contributed by atoms with Gasteiger partial charge < -0.3 is 15.2 Å². The van der Waals surface area contributed by atoms with Gasteiger partial charge in [0.05, 0.1) is 13.2 Å². The van der Waals surface area contributed by atoms with Crippen LogP contribution in [0.1, 0.15) is 36.9 Å². The molecule has 1 heterocycles. The van der Waals surface area contributed by atoms with Gasteiger partial charge in [0, 0.05) is 24.4 Å². The van der Waals surface area contributed by atoms with E-state index in [2.05, 4.69) is 25.1 Å². The third-order valence-corrected chi connectivity index (χ3v) is 3.12. The van der Waals surface area contributed by atoms with Gasteiger partial charge in [0.1, 0.15) is 11.9 Å². The minimum Gasteiger partial charge on any atom is -0.490 e. The van der Waals surface area contributed by atoms with Crippen LogP contribution < -0.4 is 10.5 Å². The molecule has 1 aliphatic heterocycles. The predicted molar refractivity (Wildman–Crippen MR) is 68.3 cm³/mol. The zero-order chi connectivity index (χ0) is 12.3. The molecule has 0 radical (unpaired) electrons. The molecule has 1 aromatic carbocycles. The highest BCUT2D eigenvalue weighted by atomic mass is 16.5. The van der Waals surface area contributed by atoms with Crippen LogP contribution in [-0.2, 0) is 4.74 Å². The lowest BCUT2D eigenvalue weighted by Crippen LogP contribution is -2.26. The summed E-state index contributed by atoms with van der Waals surface area (Å²) in [5, 5.41) is 0. The molecule has 1 unspecified atom stereocenters. The van der Waals surface area contributed by atoms with Gasteiger partial charge in [-0.1, -0.05) is 12.1 Å². The van der Waals surface area contributed by atoms with Crippen LogP contribution >= 0.6 is 0 Å². The monoisotopic (exact) mass is 235 g/mol. The van der Waals surface area contributed by atoms with E-state index in [4.69, 9.17) is 15.2 Å². The van der Waals surface area contributed by atoms with Crippen molar-refractivity contribution >= 4 is 0 Å². The molecule has 1 fully saturated rings. The molecule has 2 N–H and O–H groups in total. The molecule has 0 aromatic heterocycles. The lowest BCUT2D eigenvalue weighted by atomic mass is 10.1. The molecule has 0 aliphatic carbocycles. The minimum absolute atomic E-state index is 0.00504. The molecule has 0 spiro atoms. The zero-order valence-corrected chi connectivity index (χ0v) is 10.6. The average molecular weight is 235 g/mol. The topological polar surface area (TPSA) is 44.5 Å². The SMILES string of the molecule is Cc1ccc(C(C)N)c(OC2CCOCC2)c1.